The Kier molecular flexibility index (Phi) is 11.1. The Bertz CT molecular complexity index is 858. The normalized spacial score (nSPS) is 13.0. The molecule has 166 valence electrons. The Labute approximate surface area is 183 Å². The first-order chi connectivity index (χ1) is 15.2. The van der Waals surface area contributed by atoms with E-state index in [4.69, 9.17) is 23.7 Å². The Morgan fingerprint density at radius 1 is 1.10 bits per heavy atom. The van der Waals surface area contributed by atoms with E-state index in [1.165, 1.54) is 0 Å². The maximum atomic E-state index is 12.6. The van der Waals surface area contributed by atoms with Gasteiger partial charge in [0.15, 0.2) is 23.1 Å². The quantitative estimate of drug-likeness (QED) is 0.119. The van der Waals surface area contributed by atoms with Gasteiger partial charge in [-0.2, -0.15) is 0 Å². The number of rotatable bonds is 13. The highest BCUT2D eigenvalue weighted by molar-refractivity contribution is 6.03. The third-order valence-electron chi connectivity index (χ3n) is 4.25. The van der Waals surface area contributed by atoms with E-state index in [2.05, 4.69) is 11.8 Å². The van der Waals surface area contributed by atoms with Crippen LogP contribution in [-0.2, 0) is 19.0 Å². The van der Waals surface area contributed by atoms with Crippen LogP contribution in [0, 0.1) is 11.8 Å². The summed E-state index contributed by atoms with van der Waals surface area (Å²) in [5.41, 5.74) is 0.918. The first kappa shape index (κ1) is 24.4. The fourth-order valence-corrected chi connectivity index (χ4v) is 2.66. The van der Waals surface area contributed by atoms with Crippen LogP contribution in [0.5, 0.6) is 11.5 Å². The fourth-order valence-electron chi connectivity index (χ4n) is 2.66. The van der Waals surface area contributed by atoms with Crippen LogP contribution in [0.3, 0.4) is 0 Å². The fraction of sp³-hybridized carbons (Fsp3) is 0.417. The predicted molar refractivity (Wildman–Crippen MR) is 115 cm³/mol. The second-order valence-electron chi connectivity index (χ2n) is 6.49. The van der Waals surface area contributed by atoms with Gasteiger partial charge in [0.1, 0.15) is 20.0 Å². The van der Waals surface area contributed by atoms with E-state index in [9.17, 15) is 9.59 Å². The molecule has 1 aliphatic rings. The van der Waals surface area contributed by atoms with Gasteiger partial charge in [0.25, 0.3) is 0 Å². The number of ketones is 2. The average Bonchev–Trinajstić information content (AvgIpc) is 2.80. The molecule has 0 spiro atoms. The van der Waals surface area contributed by atoms with Gasteiger partial charge >= 0.3 is 0 Å². The number of carbonyl (C=O) groups is 2. The zero-order valence-electron chi connectivity index (χ0n) is 18.0. The molecule has 0 fully saturated rings. The van der Waals surface area contributed by atoms with E-state index >= 15 is 0 Å². The molecule has 1 heterocycles. The molecule has 0 N–H and O–H groups in total. The zero-order chi connectivity index (χ0) is 22.3. The molecule has 0 amide bonds. The molecule has 0 atom stereocenters. The Morgan fingerprint density at radius 2 is 1.90 bits per heavy atom. The second kappa shape index (κ2) is 14.1. The number of fused-ring (bicyclic) bond motifs is 1. The molecule has 0 aliphatic carbocycles. The zero-order valence-corrected chi connectivity index (χ0v) is 18.0. The number of ether oxygens (including phenoxy) is 5. The molecular formula is C24H28O7. The first-order valence-electron chi connectivity index (χ1n) is 10.0. The van der Waals surface area contributed by atoms with Crippen molar-refractivity contribution in [2.45, 2.75) is 19.8 Å². The first-order valence-corrected chi connectivity index (χ1v) is 10.0. The van der Waals surface area contributed by atoms with E-state index in [1.807, 2.05) is 0 Å². The lowest BCUT2D eigenvalue weighted by molar-refractivity contribution is -0.115. The van der Waals surface area contributed by atoms with Crippen LogP contribution in [0.4, 0.5) is 0 Å². The lowest BCUT2D eigenvalue weighted by atomic mass is 10.0. The van der Waals surface area contributed by atoms with Crippen molar-refractivity contribution in [1.82, 2.24) is 0 Å². The maximum absolute atomic E-state index is 12.6. The minimum atomic E-state index is -0.166. The number of hydrogen-bond donors (Lipinski definition) is 0. The van der Waals surface area contributed by atoms with Crippen LogP contribution in [-0.4, -0.2) is 58.5 Å². The SMILES string of the molecule is CC#C/C=C(\C=C/COCOCCOC)C(=O)CCC(=O)c1ccc2c(c1)OCCO2. The number of allylic oxidation sites excluding steroid dienone is 3. The van der Waals surface area contributed by atoms with Crippen LogP contribution in [0.25, 0.3) is 0 Å². The largest absolute Gasteiger partial charge is 0.486 e. The van der Waals surface area contributed by atoms with Gasteiger partial charge in [0.05, 0.1) is 19.8 Å². The number of methoxy groups -OCH3 is 1. The van der Waals surface area contributed by atoms with E-state index in [0.717, 1.165) is 0 Å². The summed E-state index contributed by atoms with van der Waals surface area (Å²) in [5, 5.41) is 0. The highest BCUT2D eigenvalue weighted by Gasteiger charge is 2.16. The topological polar surface area (TPSA) is 80.3 Å². The number of Topliss-reactive ketones (excluding diaryl/α,β-unsaturated/α-hetero) is 2. The van der Waals surface area contributed by atoms with E-state index in [-0.39, 0.29) is 37.8 Å². The molecule has 0 saturated heterocycles. The van der Waals surface area contributed by atoms with E-state index in [0.29, 0.717) is 49.1 Å². The summed E-state index contributed by atoms with van der Waals surface area (Å²) in [6.07, 6.45) is 5.07. The summed E-state index contributed by atoms with van der Waals surface area (Å²) in [7, 11) is 1.60. The molecule has 0 unspecified atom stereocenters. The van der Waals surface area contributed by atoms with Crippen LogP contribution in [0.15, 0.2) is 42.0 Å². The molecule has 1 aromatic rings. The van der Waals surface area contributed by atoms with Gasteiger partial charge in [-0.1, -0.05) is 18.1 Å². The molecule has 7 nitrogen and oxygen atoms in total. The number of carbonyl (C=O) groups excluding carboxylic acids is 2. The highest BCUT2D eigenvalue weighted by atomic mass is 16.7. The van der Waals surface area contributed by atoms with Crippen molar-refractivity contribution in [2.24, 2.45) is 0 Å². The summed E-state index contributed by atoms with van der Waals surface area (Å²) >= 11 is 0. The van der Waals surface area contributed by atoms with Gasteiger partial charge < -0.3 is 23.7 Å². The minimum Gasteiger partial charge on any atom is -0.486 e. The van der Waals surface area contributed by atoms with Crippen molar-refractivity contribution < 1.29 is 33.3 Å². The van der Waals surface area contributed by atoms with Crippen LogP contribution in [0.1, 0.15) is 30.1 Å². The van der Waals surface area contributed by atoms with Gasteiger partial charge in [0.2, 0.25) is 0 Å². The van der Waals surface area contributed by atoms with Crippen molar-refractivity contribution in [1.29, 1.82) is 0 Å². The smallest absolute Gasteiger partial charge is 0.163 e. The number of hydrogen-bond acceptors (Lipinski definition) is 7. The molecule has 1 aliphatic heterocycles. The second-order valence-corrected chi connectivity index (χ2v) is 6.49. The van der Waals surface area contributed by atoms with Gasteiger partial charge in [-0.15, -0.1) is 5.92 Å². The van der Waals surface area contributed by atoms with Crippen LogP contribution < -0.4 is 9.47 Å². The molecule has 2 rings (SSSR count). The lowest BCUT2D eigenvalue weighted by Crippen LogP contribution is -2.16. The Balaban J connectivity index is 1.85. The summed E-state index contributed by atoms with van der Waals surface area (Å²) in [6, 6.07) is 5.06. The van der Waals surface area contributed by atoms with Gasteiger partial charge in [0, 0.05) is 31.1 Å². The molecule has 0 bridgehead atoms. The van der Waals surface area contributed by atoms with Crippen molar-refractivity contribution >= 4 is 11.6 Å². The molecule has 0 aromatic heterocycles. The molecule has 0 saturated carbocycles. The van der Waals surface area contributed by atoms with E-state index < -0.39 is 0 Å². The Hall–Kier alpha value is -2.92. The van der Waals surface area contributed by atoms with Crippen LogP contribution >= 0.6 is 0 Å². The lowest BCUT2D eigenvalue weighted by Gasteiger charge is -2.18. The van der Waals surface area contributed by atoms with Gasteiger partial charge in [-0.05, 0) is 31.2 Å². The molecule has 31 heavy (non-hydrogen) atoms. The third kappa shape index (κ3) is 8.77. The monoisotopic (exact) mass is 428 g/mol. The molecular weight excluding hydrogens is 400 g/mol. The van der Waals surface area contributed by atoms with Crippen molar-refractivity contribution in [2.75, 3.05) is 46.9 Å². The van der Waals surface area contributed by atoms with Crippen LogP contribution in [0.2, 0.25) is 0 Å². The average molecular weight is 428 g/mol. The standard InChI is InChI=1S/C24H28O7/c1-3-4-6-19(7-5-12-28-18-29-14-13-27-2)21(25)9-10-22(26)20-8-11-23-24(17-20)31-16-15-30-23/h5-8,11,17H,9-10,12-16,18H2,1-2H3/b7-5-,19-6+. The summed E-state index contributed by atoms with van der Waals surface area (Å²) in [6.45, 7) is 4.00. The highest BCUT2D eigenvalue weighted by Crippen LogP contribution is 2.31. The summed E-state index contributed by atoms with van der Waals surface area (Å²) < 4.78 is 26.3. The minimum absolute atomic E-state index is 0.0792. The molecule has 0 radical (unpaired) electrons. The Morgan fingerprint density at radius 3 is 2.68 bits per heavy atom. The summed E-state index contributed by atoms with van der Waals surface area (Å²) in [4.78, 5) is 25.1. The maximum Gasteiger partial charge on any atom is 0.163 e. The van der Waals surface area contributed by atoms with Crippen molar-refractivity contribution in [3.05, 3.63) is 47.6 Å². The third-order valence-corrected chi connectivity index (χ3v) is 4.25. The van der Waals surface area contributed by atoms with Crippen molar-refractivity contribution in [3.63, 3.8) is 0 Å². The van der Waals surface area contributed by atoms with Crippen molar-refractivity contribution in [3.8, 4) is 23.3 Å². The molecule has 1 aromatic carbocycles. The predicted octanol–water partition coefficient (Wildman–Crippen LogP) is 3.13. The van der Waals surface area contributed by atoms with Gasteiger partial charge in [-0.3, -0.25) is 9.59 Å². The number of benzene rings is 1. The van der Waals surface area contributed by atoms with Gasteiger partial charge in [-0.25, -0.2) is 0 Å². The summed E-state index contributed by atoms with van der Waals surface area (Å²) in [5.74, 6) is 6.39. The van der Waals surface area contributed by atoms with E-state index in [1.54, 1.807) is 50.5 Å². The molecule has 7 heteroatoms.